The molecule has 2 N–H and O–H groups in total. The van der Waals surface area contributed by atoms with E-state index in [0.29, 0.717) is 24.3 Å². The van der Waals surface area contributed by atoms with E-state index in [1.165, 1.54) is 6.07 Å². The van der Waals surface area contributed by atoms with Crippen LogP contribution in [0, 0.1) is 5.82 Å². The van der Waals surface area contributed by atoms with E-state index in [-0.39, 0.29) is 19.0 Å². The predicted octanol–water partition coefficient (Wildman–Crippen LogP) is 1.18. The lowest BCUT2D eigenvalue weighted by molar-refractivity contribution is 0.173. The zero-order valence-corrected chi connectivity index (χ0v) is 7.99. The van der Waals surface area contributed by atoms with Crippen molar-refractivity contribution in [1.29, 1.82) is 0 Å². The molecule has 0 spiro atoms. The molecule has 0 fully saturated rings. The molecule has 1 aromatic carbocycles. The summed E-state index contributed by atoms with van der Waals surface area (Å²) in [6.45, 7) is -0.00488. The van der Waals surface area contributed by atoms with Crippen LogP contribution in [0.25, 0.3) is 0 Å². The van der Waals surface area contributed by atoms with E-state index in [1.807, 2.05) is 0 Å². The lowest BCUT2D eigenvalue weighted by Crippen LogP contribution is -1.98. The highest BCUT2D eigenvalue weighted by Crippen LogP contribution is 2.41. The van der Waals surface area contributed by atoms with Gasteiger partial charge in [-0.15, -0.1) is 0 Å². The fourth-order valence-corrected chi connectivity index (χ4v) is 1.55. The zero-order chi connectivity index (χ0) is 10.8. The van der Waals surface area contributed by atoms with Crippen LogP contribution in [0.4, 0.5) is 4.39 Å². The molecule has 0 unspecified atom stereocenters. The van der Waals surface area contributed by atoms with Gasteiger partial charge in [0.05, 0.1) is 0 Å². The minimum absolute atomic E-state index is 0.0321. The number of aliphatic hydroxyl groups excluding tert-OH is 1. The molecule has 1 aliphatic rings. The van der Waals surface area contributed by atoms with E-state index in [9.17, 15) is 9.50 Å². The second-order valence-electron chi connectivity index (χ2n) is 3.25. The lowest BCUT2D eigenvalue weighted by Gasteiger charge is -2.07. The molecule has 2 rings (SSSR count). The average Bonchev–Trinajstić information content (AvgIpc) is 2.66. The molecule has 0 aliphatic carbocycles. The van der Waals surface area contributed by atoms with Crippen LogP contribution >= 0.6 is 0 Å². The van der Waals surface area contributed by atoms with Crippen molar-refractivity contribution in [3.8, 4) is 17.2 Å². The fourth-order valence-electron chi connectivity index (χ4n) is 1.55. The van der Waals surface area contributed by atoms with Crippen molar-refractivity contribution in [3.63, 3.8) is 0 Å². The number of ether oxygens (including phenoxy) is 2. The second kappa shape index (κ2) is 3.94. The monoisotopic (exact) mass is 214 g/mol. The maximum Gasteiger partial charge on any atom is 0.231 e. The number of phenols is 1. The van der Waals surface area contributed by atoms with Crippen LogP contribution < -0.4 is 9.47 Å². The summed E-state index contributed by atoms with van der Waals surface area (Å²) in [5.74, 6) is -0.472. The fraction of sp³-hybridized carbons (Fsp3) is 0.400. The van der Waals surface area contributed by atoms with Crippen LogP contribution in [0.1, 0.15) is 12.0 Å². The van der Waals surface area contributed by atoms with Gasteiger partial charge >= 0.3 is 0 Å². The van der Waals surface area contributed by atoms with E-state index in [4.69, 9.17) is 14.6 Å². The molecule has 4 nitrogen and oxygen atoms in total. The van der Waals surface area contributed by atoms with Crippen LogP contribution in [-0.2, 0) is 6.42 Å². The first-order valence-electron chi connectivity index (χ1n) is 4.65. The first-order chi connectivity index (χ1) is 7.24. The summed E-state index contributed by atoms with van der Waals surface area (Å²) in [6.07, 6.45) is 0.721. The Morgan fingerprint density at radius 2 is 2.20 bits per heavy atom. The van der Waals surface area contributed by atoms with Gasteiger partial charge in [-0.1, -0.05) is 0 Å². The van der Waals surface area contributed by atoms with Crippen molar-refractivity contribution in [1.82, 2.24) is 0 Å². The van der Waals surface area contributed by atoms with Gasteiger partial charge in [0.2, 0.25) is 6.79 Å². The quantitative estimate of drug-likeness (QED) is 0.793. The Kier molecular flexibility index (Phi) is 2.64. The number of rotatable bonds is 3. The minimum Gasteiger partial charge on any atom is -0.505 e. The Hall–Kier alpha value is -1.49. The number of fused-ring (bicyclic) bond motifs is 1. The molecule has 0 saturated carbocycles. The normalized spacial score (nSPS) is 13.2. The van der Waals surface area contributed by atoms with Crippen molar-refractivity contribution >= 4 is 0 Å². The summed E-state index contributed by atoms with van der Waals surface area (Å²) in [6, 6.07) is 1.19. The number of aromatic hydroxyl groups is 1. The molecular weight excluding hydrogens is 203 g/mol. The van der Waals surface area contributed by atoms with Gasteiger partial charge in [-0.25, -0.2) is 4.39 Å². The van der Waals surface area contributed by atoms with Crippen molar-refractivity contribution in [2.24, 2.45) is 0 Å². The Bertz CT molecular complexity index is 378. The molecular formula is C10H11FO4. The molecule has 0 radical (unpaired) electrons. The van der Waals surface area contributed by atoms with Crippen LogP contribution in [0.3, 0.4) is 0 Å². The minimum atomic E-state index is -0.701. The number of benzene rings is 1. The molecule has 0 bridgehead atoms. The van der Waals surface area contributed by atoms with E-state index < -0.39 is 11.6 Å². The third kappa shape index (κ3) is 1.70. The number of halogens is 1. The molecule has 0 saturated heterocycles. The van der Waals surface area contributed by atoms with E-state index in [1.54, 1.807) is 0 Å². The van der Waals surface area contributed by atoms with E-state index in [0.717, 1.165) is 0 Å². The molecule has 1 aromatic rings. The molecule has 5 heteroatoms. The Morgan fingerprint density at radius 3 is 2.93 bits per heavy atom. The third-order valence-corrected chi connectivity index (χ3v) is 2.26. The van der Waals surface area contributed by atoms with E-state index >= 15 is 0 Å². The van der Waals surface area contributed by atoms with Crippen molar-refractivity contribution in [2.75, 3.05) is 13.4 Å². The van der Waals surface area contributed by atoms with Gasteiger partial charge in [-0.05, 0) is 12.8 Å². The summed E-state index contributed by atoms with van der Waals surface area (Å²) in [4.78, 5) is 0. The van der Waals surface area contributed by atoms with Gasteiger partial charge in [0.25, 0.3) is 0 Å². The van der Waals surface area contributed by atoms with Gasteiger partial charge in [0.15, 0.2) is 23.1 Å². The summed E-state index contributed by atoms with van der Waals surface area (Å²) in [7, 11) is 0. The lowest BCUT2D eigenvalue weighted by atomic mass is 10.1. The van der Waals surface area contributed by atoms with Gasteiger partial charge in [0.1, 0.15) is 0 Å². The van der Waals surface area contributed by atoms with Gasteiger partial charge in [0, 0.05) is 18.2 Å². The van der Waals surface area contributed by atoms with Gasteiger partial charge in [-0.2, -0.15) is 0 Å². The smallest absolute Gasteiger partial charge is 0.231 e. The van der Waals surface area contributed by atoms with Crippen LogP contribution in [0.5, 0.6) is 17.2 Å². The molecule has 0 atom stereocenters. The van der Waals surface area contributed by atoms with Crippen LogP contribution in [0.15, 0.2) is 6.07 Å². The Balaban J connectivity index is 2.41. The predicted molar refractivity (Wildman–Crippen MR) is 49.6 cm³/mol. The number of phenolic OH excluding ortho intramolecular Hbond substituents is 1. The highest BCUT2D eigenvalue weighted by Gasteiger charge is 2.23. The SMILES string of the molecule is OCCCc1c(F)c(O)cc2c1OCO2. The highest BCUT2D eigenvalue weighted by molar-refractivity contribution is 5.53. The summed E-state index contributed by atoms with van der Waals surface area (Å²) in [5.41, 5.74) is 0.261. The number of hydrogen-bond acceptors (Lipinski definition) is 4. The third-order valence-electron chi connectivity index (χ3n) is 2.26. The van der Waals surface area contributed by atoms with Crippen LogP contribution in [0.2, 0.25) is 0 Å². The summed E-state index contributed by atoms with van der Waals surface area (Å²) >= 11 is 0. The first kappa shape index (κ1) is 10.0. The summed E-state index contributed by atoms with van der Waals surface area (Å²) < 4.78 is 23.7. The maximum atomic E-state index is 13.5. The number of aliphatic hydroxyl groups is 1. The molecule has 1 aliphatic heterocycles. The second-order valence-corrected chi connectivity index (χ2v) is 3.25. The topological polar surface area (TPSA) is 58.9 Å². The standard InChI is InChI=1S/C10H11FO4/c11-9-6(2-1-3-12)10-8(4-7(9)13)14-5-15-10/h4,12-13H,1-3,5H2. The van der Waals surface area contributed by atoms with E-state index in [2.05, 4.69) is 0 Å². The van der Waals surface area contributed by atoms with Gasteiger partial charge < -0.3 is 19.7 Å². The van der Waals surface area contributed by atoms with Crippen molar-refractivity contribution in [2.45, 2.75) is 12.8 Å². The Morgan fingerprint density at radius 1 is 1.40 bits per heavy atom. The maximum absolute atomic E-state index is 13.5. The number of hydrogen-bond donors (Lipinski definition) is 2. The molecule has 15 heavy (non-hydrogen) atoms. The largest absolute Gasteiger partial charge is 0.505 e. The van der Waals surface area contributed by atoms with Gasteiger partial charge in [-0.3, -0.25) is 0 Å². The Labute approximate surface area is 85.9 Å². The molecule has 82 valence electrons. The zero-order valence-electron chi connectivity index (χ0n) is 7.99. The average molecular weight is 214 g/mol. The molecule has 0 amide bonds. The first-order valence-corrected chi connectivity index (χ1v) is 4.65. The highest BCUT2D eigenvalue weighted by atomic mass is 19.1. The molecule has 1 heterocycles. The van der Waals surface area contributed by atoms with Crippen molar-refractivity contribution < 1.29 is 24.1 Å². The van der Waals surface area contributed by atoms with Crippen molar-refractivity contribution in [3.05, 3.63) is 17.4 Å². The van der Waals surface area contributed by atoms with Crippen LogP contribution in [-0.4, -0.2) is 23.6 Å². The molecule has 0 aromatic heterocycles. The summed E-state index contributed by atoms with van der Waals surface area (Å²) in [5, 5.41) is 18.0.